The molecule has 0 bridgehead atoms. The molecule has 7 nitrogen and oxygen atoms in total. The van der Waals surface area contributed by atoms with E-state index in [1.54, 1.807) is 0 Å². The van der Waals surface area contributed by atoms with E-state index in [9.17, 15) is 19.1 Å². The molecule has 0 radical (unpaired) electrons. The Kier molecular flexibility index (Phi) is 5.28. The van der Waals surface area contributed by atoms with Gasteiger partial charge < -0.3 is 24.6 Å². The molecule has 2 fully saturated rings. The lowest BCUT2D eigenvalue weighted by Crippen LogP contribution is -2.46. The minimum absolute atomic E-state index is 0.0463. The lowest BCUT2D eigenvalue weighted by atomic mass is 10.0. The van der Waals surface area contributed by atoms with E-state index in [0.717, 1.165) is 17.8 Å². The van der Waals surface area contributed by atoms with E-state index in [-0.39, 0.29) is 34.8 Å². The normalized spacial score (nSPS) is 22.4. The lowest BCUT2D eigenvalue weighted by Gasteiger charge is -2.36. The van der Waals surface area contributed by atoms with Crippen LogP contribution in [0.15, 0.2) is 47.4 Å². The second-order valence-electron chi connectivity index (χ2n) is 8.40. The Bertz CT molecular complexity index is 1290. The first-order valence-electron chi connectivity index (χ1n) is 10.8. The van der Waals surface area contributed by atoms with E-state index in [2.05, 4.69) is 5.32 Å². The number of carbonyl (C=O) groups is 1. The van der Waals surface area contributed by atoms with Gasteiger partial charge in [-0.25, -0.2) is 13.6 Å². The van der Waals surface area contributed by atoms with Crippen molar-refractivity contribution in [3.05, 3.63) is 69.8 Å². The highest BCUT2D eigenvalue weighted by Gasteiger charge is 2.41. The van der Waals surface area contributed by atoms with Crippen LogP contribution in [0.1, 0.15) is 34.4 Å². The van der Waals surface area contributed by atoms with Crippen molar-refractivity contribution in [1.29, 1.82) is 0 Å². The summed E-state index contributed by atoms with van der Waals surface area (Å²) in [6.07, 6.45) is 0.167. The number of ether oxygens (including phenoxy) is 1. The summed E-state index contributed by atoms with van der Waals surface area (Å²) in [5, 5.41) is 12.8. The molecule has 1 saturated heterocycles. The molecule has 1 aliphatic heterocycles. The maximum atomic E-state index is 15.5. The van der Waals surface area contributed by atoms with Gasteiger partial charge in [-0.3, -0.25) is 4.79 Å². The number of rotatable bonds is 5. The molecule has 3 aromatic rings. The van der Waals surface area contributed by atoms with Crippen LogP contribution in [-0.2, 0) is 0 Å². The van der Waals surface area contributed by atoms with Crippen LogP contribution >= 0.6 is 0 Å². The smallest absolute Gasteiger partial charge is 0.341 e. The Morgan fingerprint density at radius 1 is 1.27 bits per heavy atom. The van der Waals surface area contributed by atoms with Crippen molar-refractivity contribution < 1.29 is 23.4 Å². The molecule has 1 aromatic heterocycles. The molecule has 33 heavy (non-hydrogen) atoms. The number of pyridine rings is 1. The topological polar surface area (TPSA) is 83.8 Å². The minimum Gasteiger partial charge on any atom is -0.492 e. The monoisotopic (exact) mass is 455 g/mol. The second kappa shape index (κ2) is 8.15. The fourth-order valence-electron chi connectivity index (χ4n) is 4.65. The van der Waals surface area contributed by atoms with E-state index < -0.39 is 35.0 Å². The first-order valence-corrected chi connectivity index (χ1v) is 10.8. The number of hydrogen-bond donors (Lipinski definition) is 2. The summed E-state index contributed by atoms with van der Waals surface area (Å²) >= 11 is 0. The number of carboxylic acids is 1. The molecule has 2 N–H and O–H groups in total. The van der Waals surface area contributed by atoms with Crippen LogP contribution in [0.3, 0.4) is 0 Å². The third-order valence-electron chi connectivity index (χ3n) is 6.36. The second-order valence-corrected chi connectivity index (χ2v) is 8.40. The molecule has 1 aliphatic carbocycles. The van der Waals surface area contributed by atoms with Gasteiger partial charge in [0, 0.05) is 38.3 Å². The molecule has 0 amide bonds. The van der Waals surface area contributed by atoms with Gasteiger partial charge in [0.05, 0.1) is 24.1 Å². The van der Waals surface area contributed by atoms with E-state index >= 15 is 4.39 Å². The molecule has 172 valence electrons. The van der Waals surface area contributed by atoms with Gasteiger partial charge in [0.15, 0.2) is 11.6 Å². The van der Waals surface area contributed by atoms with Crippen LogP contribution in [0.2, 0.25) is 0 Å². The van der Waals surface area contributed by atoms with Crippen LogP contribution in [0.25, 0.3) is 10.9 Å². The molecule has 2 heterocycles. The standard InChI is InChI=1S/C24H23F2N3O4/c1-33-23-20-14(22(30)15(24(31)32)11-29(20)19-10-16(19)25)9-17(26)21(23)28-8-7-27-18(12-28)13-5-3-2-4-6-13/h2-6,9,11,16,18-19,27H,7-8,10,12H2,1H3,(H,31,32)/t16-,18?,19?/m0/s1. The molecule has 2 unspecified atom stereocenters. The van der Waals surface area contributed by atoms with Crippen LogP contribution in [-0.4, -0.2) is 48.6 Å². The summed E-state index contributed by atoms with van der Waals surface area (Å²) in [6, 6.07) is 10.2. The van der Waals surface area contributed by atoms with Gasteiger partial charge in [-0.05, 0) is 11.6 Å². The van der Waals surface area contributed by atoms with Crippen molar-refractivity contribution in [2.75, 3.05) is 31.6 Å². The molecule has 1 saturated carbocycles. The summed E-state index contributed by atoms with van der Waals surface area (Å²) < 4.78 is 36.6. The SMILES string of the molecule is COc1c(N2CCNC(c3ccccc3)C2)c(F)cc2c(=O)c(C(=O)O)cn(C3C[C@@H]3F)c12. The van der Waals surface area contributed by atoms with Crippen molar-refractivity contribution in [2.45, 2.75) is 24.7 Å². The fourth-order valence-corrected chi connectivity index (χ4v) is 4.65. The van der Waals surface area contributed by atoms with Crippen LogP contribution < -0.4 is 20.4 Å². The molecule has 2 aromatic carbocycles. The fraction of sp³-hybridized carbons (Fsp3) is 0.333. The van der Waals surface area contributed by atoms with E-state index in [0.29, 0.717) is 19.6 Å². The summed E-state index contributed by atoms with van der Waals surface area (Å²) in [5.41, 5.74) is 0.102. The summed E-state index contributed by atoms with van der Waals surface area (Å²) in [4.78, 5) is 26.3. The number of fused-ring (bicyclic) bond motifs is 1. The molecule has 9 heteroatoms. The minimum atomic E-state index is -1.44. The van der Waals surface area contributed by atoms with Crippen LogP contribution in [0, 0.1) is 5.82 Å². The molecule has 2 aliphatic rings. The number of anilines is 1. The summed E-state index contributed by atoms with van der Waals surface area (Å²) in [6.45, 7) is 1.55. The number of nitrogens with one attached hydrogen (secondary N) is 1. The lowest BCUT2D eigenvalue weighted by molar-refractivity contribution is 0.0694. The molecular weight excluding hydrogens is 432 g/mol. The largest absolute Gasteiger partial charge is 0.492 e. The predicted octanol–water partition coefficient (Wildman–Crippen LogP) is 3.28. The predicted molar refractivity (Wildman–Crippen MR) is 120 cm³/mol. The van der Waals surface area contributed by atoms with Crippen molar-refractivity contribution in [3.63, 3.8) is 0 Å². The summed E-state index contributed by atoms with van der Waals surface area (Å²) in [7, 11) is 1.37. The van der Waals surface area contributed by atoms with E-state index in [4.69, 9.17) is 4.74 Å². The zero-order valence-corrected chi connectivity index (χ0v) is 17.9. The van der Waals surface area contributed by atoms with Gasteiger partial charge in [-0.15, -0.1) is 0 Å². The number of nitrogens with zero attached hydrogens (tertiary/aromatic N) is 2. The number of aromatic carboxylic acids is 1. The zero-order chi connectivity index (χ0) is 23.3. The maximum absolute atomic E-state index is 15.5. The van der Waals surface area contributed by atoms with Crippen LogP contribution in [0.4, 0.5) is 14.5 Å². The van der Waals surface area contributed by atoms with Crippen molar-refractivity contribution in [3.8, 4) is 5.75 Å². The number of benzene rings is 2. The van der Waals surface area contributed by atoms with Crippen molar-refractivity contribution in [1.82, 2.24) is 9.88 Å². The number of piperazine rings is 1. The molecule has 0 spiro atoms. The number of hydrogen-bond acceptors (Lipinski definition) is 5. The Balaban J connectivity index is 1.69. The average molecular weight is 455 g/mol. The van der Waals surface area contributed by atoms with Crippen molar-refractivity contribution >= 4 is 22.6 Å². The Hall–Kier alpha value is -3.46. The quantitative estimate of drug-likeness (QED) is 0.615. The highest BCUT2D eigenvalue weighted by molar-refractivity contribution is 5.97. The number of aromatic nitrogens is 1. The molecule has 5 rings (SSSR count). The number of carboxylic acid groups (broad SMARTS) is 1. The van der Waals surface area contributed by atoms with Gasteiger partial charge in [-0.2, -0.15) is 0 Å². The average Bonchev–Trinajstić information content (AvgIpc) is 3.55. The van der Waals surface area contributed by atoms with Gasteiger partial charge in [-0.1, -0.05) is 30.3 Å². The van der Waals surface area contributed by atoms with Gasteiger partial charge in [0.1, 0.15) is 17.4 Å². The van der Waals surface area contributed by atoms with Gasteiger partial charge in [0.2, 0.25) is 5.43 Å². The van der Waals surface area contributed by atoms with Gasteiger partial charge in [0.25, 0.3) is 0 Å². The number of methoxy groups -OCH3 is 1. The third kappa shape index (κ3) is 3.62. The van der Waals surface area contributed by atoms with E-state index in [1.807, 2.05) is 35.2 Å². The third-order valence-corrected chi connectivity index (χ3v) is 6.36. The zero-order valence-electron chi connectivity index (χ0n) is 17.9. The number of alkyl halides is 1. The Labute approximate surface area is 188 Å². The highest BCUT2D eigenvalue weighted by Crippen LogP contribution is 2.45. The number of halogens is 2. The highest BCUT2D eigenvalue weighted by atomic mass is 19.1. The summed E-state index contributed by atoms with van der Waals surface area (Å²) in [5.74, 6) is -2.03. The molecule has 3 atom stereocenters. The Morgan fingerprint density at radius 3 is 2.64 bits per heavy atom. The van der Waals surface area contributed by atoms with Crippen molar-refractivity contribution in [2.24, 2.45) is 0 Å². The van der Waals surface area contributed by atoms with E-state index in [1.165, 1.54) is 11.7 Å². The molecular formula is C24H23F2N3O4. The maximum Gasteiger partial charge on any atom is 0.341 e. The van der Waals surface area contributed by atoms with Crippen LogP contribution in [0.5, 0.6) is 5.75 Å². The van der Waals surface area contributed by atoms with Gasteiger partial charge >= 0.3 is 5.97 Å². The Morgan fingerprint density at radius 2 is 2.00 bits per heavy atom. The first kappa shape index (κ1) is 21.4. The first-order chi connectivity index (χ1) is 15.9.